The van der Waals surface area contributed by atoms with Gasteiger partial charge < -0.3 is 10.2 Å². The van der Waals surface area contributed by atoms with Crippen molar-refractivity contribution in [3.05, 3.63) is 12.3 Å². The highest BCUT2D eigenvalue weighted by molar-refractivity contribution is 4.77. The molecule has 0 saturated heterocycles. The molecule has 0 aliphatic heterocycles. The molecule has 0 radical (unpaired) electrons. The van der Waals surface area contributed by atoms with Crippen molar-refractivity contribution in [1.29, 1.82) is 0 Å². The lowest BCUT2D eigenvalue weighted by Gasteiger charge is -1.94. The predicted octanol–water partition coefficient (Wildman–Crippen LogP) is 0.686. The molecule has 0 heterocycles. The van der Waals surface area contributed by atoms with Gasteiger partial charge in [-0.3, -0.25) is 0 Å². The topological polar surface area (TPSA) is 40.5 Å². The molecule has 1 atom stereocenters. The van der Waals surface area contributed by atoms with Crippen LogP contribution in [0.5, 0.6) is 0 Å². The normalized spacial score (nSPS) is 15.1. The predicted molar refractivity (Wildman–Crippen MR) is 28.0 cm³/mol. The fraction of sp³-hybridized carbons (Fsp3) is 0.600. The molecule has 0 saturated carbocycles. The van der Waals surface area contributed by atoms with E-state index in [-0.39, 0.29) is 12.5 Å². The van der Waals surface area contributed by atoms with Crippen LogP contribution in [0.3, 0.4) is 0 Å². The summed E-state index contributed by atoms with van der Waals surface area (Å²) in [5.74, 6) is 0.0741. The van der Waals surface area contributed by atoms with Crippen LogP contribution in [0.2, 0.25) is 0 Å². The molecule has 2 N–H and O–H groups in total. The van der Waals surface area contributed by atoms with Crippen LogP contribution in [0, 0.1) is 5.92 Å². The van der Waals surface area contributed by atoms with Crippen LogP contribution in [0.15, 0.2) is 12.3 Å². The third kappa shape index (κ3) is 3.33. The molecule has 0 aliphatic carbocycles. The van der Waals surface area contributed by atoms with Gasteiger partial charge in [-0.25, -0.2) is 0 Å². The van der Waals surface area contributed by atoms with Crippen molar-refractivity contribution in [3.63, 3.8) is 0 Å². The Morgan fingerprint density at radius 2 is 2.29 bits per heavy atom. The first kappa shape index (κ1) is 6.50. The highest BCUT2D eigenvalue weighted by Gasteiger charge is 1.88. The van der Waals surface area contributed by atoms with Gasteiger partial charge >= 0.3 is 0 Å². The molecular formula is C5H10O2. The molecule has 0 aromatic heterocycles. The van der Waals surface area contributed by atoms with Crippen molar-refractivity contribution in [1.82, 2.24) is 0 Å². The van der Waals surface area contributed by atoms with Crippen molar-refractivity contribution < 1.29 is 10.2 Å². The molecule has 1 unspecified atom stereocenters. The summed E-state index contributed by atoms with van der Waals surface area (Å²) in [6.07, 6.45) is 2.47. The van der Waals surface area contributed by atoms with Gasteiger partial charge in [-0.1, -0.05) is 6.92 Å². The van der Waals surface area contributed by atoms with E-state index >= 15 is 0 Å². The molecule has 2 nitrogen and oxygen atoms in total. The molecule has 7 heavy (non-hydrogen) atoms. The standard InChI is InChI=1S/C5H10O2/c1-5(4-7)2-3-6/h2-3,5-7H,4H2,1H3/b3-2-. The van der Waals surface area contributed by atoms with E-state index in [4.69, 9.17) is 10.2 Å². The number of aliphatic hydroxyl groups excluding tert-OH is 2. The molecule has 0 spiro atoms. The van der Waals surface area contributed by atoms with Crippen molar-refractivity contribution in [3.8, 4) is 0 Å². The third-order valence-electron chi connectivity index (χ3n) is 0.703. The number of hydrogen-bond acceptors (Lipinski definition) is 2. The second-order valence-corrected chi connectivity index (χ2v) is 1.50. The van der Waals surface area contributed by atoms with Crippen LogP contribution < -0.4 is 0 Å². The first-order valence-corrected chi connectivity index (χ1v) is 2.23. The minimum Gasteiger partial charge on any atom is -0.516 e. The van der Waals surface area contributed by atoms with Crippen LogP contribution in [0.1, 0.15) is 6.92 Å². The lowest BCUT2D eigenvalue weighted by molar-refractivity contribution is 0.260. The fourth-order valence-electron chi connectivity index (χ4n) is 0.208. The summed E-state index contributed by atoms with van der Waals surface area (Å²) >= 11 is 0. The summed E-state index contributed by atoms with van der Waals surface area (Å²) in [5, 5.41) is 16.4. The maximum absolute atomic E-state index is 8.30. The second kappa shape index (κ2) is 3.68. The minimum absolute atomic E-state index is 0.0741. The molecular weight excluding hydrogens is 92.1 g/mol. The van der Waals surface area contributed by atoms with E-state index in [2.05, 4.69) is 0 Å². The number of rotatable bonds is 2. The van der Waals surface area contributed by atoms with Crippen molar-refractivity contribution in [2.24, 2.45) is 5.92 Å². The molecule has 0 bridgehead atoms. The molecule has 0 aliphatic rings. The quantitative estimate of drug-likeness (QED) is 0.503. The maximum atomic E-state index is 8.30. The highest BCUT2D eigenvalue weighted by atomic mass is 16.3. The van der Waals surface area contributed by atoms with Crippen LogP contribution in [-0.2, 0) is 0 Å². The zero-order chi connectivity index (χ0) is 5.70. The largest absolute Gasteiger partial charge is 0.516 e. The number of hydrogen-bond donors (Lipinski definition) is 2. The van der Waals surface area contributed by atoms with Gasteiger partial charge in [0.1, 0.15) is 0 Å². The molecule has 0 rings (SSSR count). The lowest BCUT2D eigenvalue weighted by Crippen LogP contribution is -1.94. The zero-order valence-corrected chi connectivity index (χ0v) is 4.33. The van der Waals surface area contributed by atoms with E-state index in [1.165, 1.54) is 6.08 Å². The number of aliphatic hydroxyl groups is 2. The molecule has 0 aromatic rings. The van der Waals surface area contributed by atoms with Gasteiger partial charge in [0.25, 0.3) is 0 Å². The van der Waals surface area contributed by atoms with E-state index in [1.807, 2.05) is 6.92 Å². The van der Waals surface area contributed by atoms with Crippen molar-refractivity contribution >= 4 is 0 Å². The van der Waals surface area contributed by atoms with E-state index in [9.17, 15) is 0 Å². The summed E-state index contributed by atoms with van der Waals surface area (Å²) in [7, 11) is 0. The van der Waals surface area contributed by atoms with Gasteiger partial charge in [0.2, 0.25) is 0 Å². The van der Waals surface area contributed by atoms with E-state index in [1.54, 1.807) is 0 Å². The van der Waals surface area contributed by atoms with Gasteiger partial charge in [-0.2, -0.15) is 0 Å². The first-order chi connectivity index (χ1) is 3.31. The molecule has 0 fully saturated rings. The van der Waals surface area contributed by atoms with Gasteiger partial charge in [0, 0.05) is 12.5 Å². The monoisotopic (exact) mass is 102 g/mol. The Bertz CT molecular complexity index is 59.1. The van der Waals surface area contributed by atoms with Crippen LogP contribution in [0.4, 0.5) is 0 Å². The van der Waals surface area contributed by atoms with Gasteiger partial charge in [0.05, 0.1) is 6.26 Å². The summed E-state index contributed by atoms with van der Waals surface area (Å²) in [6, 6.07) is 0. The van der Waals surface area contributed by atoms with Gasteiger partial charge in [-0.15, -0.1) is 0 Å². The van der Waals surface area contributed by atoms with Crippen molar-refractivity contribution in [2.75, 3.05) is 6.61 Å². The molecule has 0 amide bonds. The molecule has 42 valence electrons. The van der Waals surface area contributed by atoms with Gasteiger partial charge in [-0.05, 0) is 6.08 Å². The average molecular weight is 102 g/mol. The molecule has 2 heteroatoms. The lowest BCUT2D eigenvalue weighted by atomic mass is 10.2. The Labute approximate surface area is 43.1 Å². The van der Waals surface area contributed by atoms with E-state index in [0.717, 1.165) is 6.26 Å². The Kier molecular flexibility index (Phi) is 3.42. The second-order valence-electron chi connectivity index (χ2n) is 1.50. The average Bonchev–Trinajstić information content (AvgIpc) is 1.68. The fourth-order valence-corrected chi connectivity index (χ4v) is 0.208. The Hall–Kier alpha value is -0.500. The van der Waals surface area contributed by atoms with Gasteiger partial charge in [0.15, 0.2) is 0 Å². The summed E-state index contributed by atoms with van der Waals surface area (Å²) in [5.41, 5.74) is 0. The maximum Gasteiger partial charge on any atom is 0.0755 e. The van der Waals surface area contributed by atoms with E-state index < -0.39 is 0 Å². The van der Waals surface area contributed by atoms with E-state index in [0.29, 0.717) is 0 Å². The summed E-state index contributed by atoms with van der Waals surface area (Å²) in [6.45, 7) is 1.91. The van der Waals surface area contributed by atoms with Crippen LogP contribution in [-0.4, -0.2) is 16.8 Å². The Balaban J connectivity index is 3.16. The van der Waals surface area contributed by atoms with Crippen LogP contribution in [0.25, 0.3) is 0 Å². The summed E-state index contributed by atoms with van der Waals surface area (Å²) in [4.78, 5) is 0. The highest BCUT2D eigenvalue weighted by Crippen LogP contribution is 1.91. The Morgan fingerprint density at radius 1 is 1.71 bits per heavy atom. The van der Waals surface area contributed by atoms with Crippen molar-refractivity contribution in [2.45, 2.75) is 6.92 Å². The third-order valence-corrected chi connectivity index (χ3v) is 0.703. The summed E-state index contributed by atoms with van der Waals surface area (Å²) < 4.78 is 0. The minimum atomic E-state index is 0.0741. The first-order valence-electron chi connectivity index (χ1n) is 2.23. The SMILES string of the molecule is CC(/C=C\O)CO. The smallest absolute Gasteiger partial charge is 0.0755 e. The molecule has 0 aromatic carbocycles. The zero-order valence-electron chi connectivity index (χ0n) is 4.33. The van der Waals surface area contributed by atoms with Crippen LogP contribution >= 0.6 is 0 Å². The Morgan fingerprint density at radius 3 is 2.43 bits per heavy atom.